The Hall–Kier alpha value is -1.51. The zero-order valence-electron chi connectivity index (χ0n) is 13.8. The topological polar surface area (TPSA) is 46.5 Å². The summed E-state index contributed by atoms with van der Waals surface area (Å²) in [5.41, 5.74) is 1.27. The smallest absolute Gasteiger partial charge is 0.306 e. The highest BCUT2D eigenvalue weighted by atomic mass is 16.5. The van der Waals surface area contributed by atoms with Gasteiger partial charge in [-0.25, -0.2) is 0 Å². The van der Waals surface area contributed by atoms with E-state index in [-0.39, 0.29) is 5.92 Å². The first kappa shape index (κ1) is 16.9. The number of carboxylic acid groups (broad SMARTS) is 1. The van der Waals surface area contributed by atoms with Gasteiger partial charge >= 0.3 is 5.97 Å². The van der Waals surface area contributed by atoms with Crippen molar-refractivity contribution in [3.63, 3.8) is 0 Å². The van der Waals surface area contributed by atoms with Crippen molar-refractivity contribution in [3.05, 3.63) is 29.8 Å². The average molecular weight is 304 g/mol. The highest BCUT2D eigenvalue weighted by Gasteiger charge is 2.43. The molecule has 0 spiro atoms. The Morgan fingerprint density at radius 2 is 2.00 bits per heavy atom. The highest BCUT2D eigenvalue weighted by molar-refractivity contribution is 5.73. The van der Waals surface area contributed by atoms with Crippen molar-refractivity contribution >= 4 is 5.97 Å². The molecule has 3 heteroatoms. The van der Waals surface area contributed by atoms with E-state index in [2.05, 4.69) is 26.0 Å². The molecular weight excluding hydrogens is 276 g/mol. The number of ether oxygens (including phenoxy) is 1. The van der Waals surface area contributed by atoms with Crippen LogP contribution < -0.4 is 4.74 Å². The monoisotopic (exact) mass is 304 g/mol. The number of aliphatic carboxylic acids is 1. The van der Waals surface area contributed by atoms with E-state index in [0.29, 0.717) is 11.8 Å². The second-order valence-electron chi connectivity index (χ2n) is 6.56. The molecule has 22 heavy (non-hydrogen) atoms. The molecule has 0 aliphatic heterocycles. The van der Waals surface area contributed by atoms with E-state index in [1.165, 1.54) is 24.8 Å². The summed E-state index contributed by atoms with van der Waals surface area (Å²) in [5.74, 6) is 0.967. The van der Waals surface area contributed by atoms with Crippen LogP contribution in [0.2, 0.25) is 0 Å². The molecule has 3 atom stereocenters. The van der Waals surface area contributed by atoms with Crippen molar-refractivity contribution in [1.29, 1.82) is 0 Å². The first-order valence-corrected chi connectivity index (χ1v) is 8.57. The van der Waals surface area contributed by atoms with Crippen LogP contribution in [0.15, 0.2) is 24.3 Å². The zero-order chi connectivity index (χ0) is 15.9. The molecule has 3 nitrogen and oxygen atoms in total. The lowest BCUT2D eigenvalue weighted by Gasteiger charge is -2.12. The van der Waals surface area contributed by atoms with Crippen LogP contribution in [0.25, 0.3) is 0 Å². The zero-order valence-corrected chi connectivity index (χ0v) is 13.8. The van der Waals surface area contributed by atoms with Gasteiger partial charge in [0.2, 0.25) is 0 Å². The molecule has 0 bridgehead atoms. The second-order valence-corrected chi connectivity index (χ2v) is 6.56. The van der Waals surface area contributed by atoms with Crippen LogP contribution in [0.1, 0.15) is 63.9 Å². The predicted molar refractivity (Wildman–Crippen MR) is 88.3 cm³/mol. The van der Waals surface area contributed by atoms with Gasteiger partial charge in [0.05, 0.1) is 12.5 Å². The van der Waals surface area contributed by atoms with Crippen molar-refractivity contribution in [1.82, 2.24) is 0 Å². The summed E-state index contributed by atoms with van der Waals surface area (Å²) < 4.78 is 5.75. The van der Waals surface area contributed by atoms with Gasteiger partial charge < -0.3 is 9.84 Å². The van der Waals surface area contributed by atoms with Crippen molar-refractivity contribution in [2.45, 2.75) is 58.3 Å². The first-order valence-electron chi connectivity index (χ1n) is 8.57. The first-order chi connectivity index (χ1) is 10.6. The van der Waals surface area contributed by atoms with Crippen LogP contribution in [0, 0.1) is 11.8 Å². The lowest BCUT2D eigenvalue weighted by atomic mass is 9.95. The molecule has 1 saturated carbocycles. The van der Waals surface area contributed by atoms with Crippen molar-refractivity contribution in [2.24, 2.45) is 11.8 Å². The van der Waals surface area contributed by atoms with Gasteiger partial charge in [-0.3, -0.25) is 4.79 Å². The molecule has 1 N–H and O–H groups in total. The van der Waals surface area contributed by atoms with Crippen molar-refractivity contribution < 1.29 is 14.6 Å². The minimum Gasteiger partial charge on any atom is -0.494 e. The summed E-state index contributed by atoms with van der Waals surface area (Å²) in [5, 5.41) is 8.96. The van der Waals surface area contributed by atoms with E-state index in [9.17, 15) is 4.79 Å². The molecule has 1 fully saturated rings. The number of hydrogen-bond donors (Lipinski definition) is 1. The second kappa shape index (κ2) is 8.21. The van der Waals surface area contributed by atoms with Gasteiger partial charge in [-0.05, 0) is 48.8 Å². The van der Waals surface area contributed by atoms with Gasteiger partial charge in [-0.15, -0.1) is 0 Å². The lowest BCUT2D eigenvalue weighted by molar-refractivity contribution is -0.138. The third-order valence-corrected chi connectivity index (χ3v) is 4.61. The Kier molecular flexibility index (Phi) is 6.29. The maximum atomic E-state index is 10.9. The molecule has 0 amide bonds. The van der Waals surface area contributed by atoms with E-state index in [4.69, 9.17) is 9.84 Å². The van der Waals surface area contributed by atoms with Gasteiger partial charge in [0.25, 0.3) is 0 Å². The Morgan fingerprint density at radius 3 is 2.59 bits per heavy atom. The highest BCUT2D eigenvalue weighted by Crippen LogP contribution is 2.45. The van der Waals surface area contributed by atoms with Crippen LogP contribution in [-0.4, -0.2) is 17.7 Å². The summed E-state index contributed by atoms with van der Waals surface area (Å²) in [6.07, 6.45) is 6.68. The molecule has 0 radical (unpaired) electrons. The third kappa shape index (κ3) is 5.04. The van der Waals surface area contributed by atoms with E-state index in [1.54, 1.807) is 0 Å². The van der Waals surface area contributed by atoms with Crippen LogP contribution in [0.3, 0.4) is 0 Å². The quantitative estimate of drug-likeness (QED) is 0.628. The molecule has 1 aliphatic rings. The van der Waals surface area contributed by atoms with Crippen LogP contribution in [0.5, 0.6) is 5.75 Å². The van der Waals surface area contributed by atoms with Gasteiger partial charge in [0, 0.05) is 0 Å². The van der Waals surface area contributed by atoms with E-state index in [1.807, 2.05) is 12.1 Å². The largest absolute Gasteiger partial charge is 0.494 e. The molecule has 1 aromatic rings. The Balaban J connectivity index is 1.73. The molecule has 0 heterocycles. The fraction of sp³-hybridized carbons (Fsp3) is 0.632. The van der Waals surface area contributed by atoms with E-state index >= 15 is 0 Å². The van der Waals surface area contributed by atoms with Crippen molar-refractivity contribution in [2.75, 3.05) is 6.61 Å². The lowest BCUT2D eigenvalue weighted by Crippen LogP contribution is -2.02. The number of rotatable bonds is 10. The molecule has 1 aromatic carbocycles. The van der Waals surface area contributed by atoms with Gasteiger partial charge in [0.1, 0.15) is 5.75 Å². The average Bonchev–Trinajstić information content (AvgIpc) is 3.27. The third-order valence-electron chi connectivity index (χ3n) is 4.61. The number of benzene rings is 1. The standard InChI is InChI=1S/C19H28O3/c1-3-4-5-6-11-22-17-9-7-15(8-10-17)14(2)12-16-13-18(16)19(20)21/h7-10,14,16,18H,3-6,11-13H2,1-2H3,(H,20,21). The van der Waals surface area contributed by atoms with Gasteiger partial charge in [0.15, 0.2) is 0 Å². The van der Waals surface area contributed by atoms with Crippen molar-refractivity contribution in [3.8, 4) is 5.75 Å². The summed E-state index contributed by atoms with van der Waals surface area (Å²) in [4.78, 5) is 10.9. The summed E-state index contributed by atoms with van der Waals surface area (Å²) in [7, 11) is 0. The minimum absolute atomic E-state index is 0.104. The van der Waals surface area contributed by atoms with Gasteiger partial charge in [-0.2, -0.15) is 0 Å². The van der Waals surface area contributed by atoms with Crippen LogP contribution in [0.4, 0.5) is 0 Å². The normalized spacial score (nSPS) is 21.4. The maximum Gasteiger partial charge on any atom is 0.306 e. The molecule has 2 rings (SSSR count). The molecule has 0 aromatic heterocycles. The van der Waals surface area contributed by atoms with E-state index in [0.717, 1.165) is 31.6 Å². The SMILES string of the molecule is CCCCCCOc1ccc(C(C)CC2CC2C(=O)O)cc1. The number of carbonyl (C=O) groups is 1. The Bertz CT molecular complexity index is 466. The maximum absolute atomic E-state index is 10.9. The molecule has 3 unspecified atom stereocenters. The predicted octanol–water partition coefficient (Wildman–Crippen LogP) is 4.86. The summed E-state index contributed by atoms with van der Waals surface area (Å²) in [6, 6.07) is 8.30. The fourth-order valence-electron chi connectivity index (χ4n) is 3.01. The molecule has 1 aliphatic carbocycles. The molecule has 0 saturated heterocycles. The summed E-state index contributed by atoms with van der Waals surface area (Å²) >= 11 is 0. The molecule has 122 valence electrons. The number of carboxylic acids is 1. The fourth-order valence-corrected chi connectivity index (χ4v) is 3.01. The Labute approximate surface area is 133 Å². The Morgan fingerprint density at radius 1 is 1.27 bits per heavy atom. The van der Waals surface area contributed by atoms with Gasteiger partial charge in [-0.1, -0.05) is 45.2 Å². The van der Waals surface area contributed by atoms with E-state index < -0.39 is 5.97 Å². The summed E-state index contributed by atoms with van der Waals surface area (Å²) in [6.45, 7) is 5.18. The minimum atomic E-state index is -0.635. The van der Waals surface area contributed by atoms with Crippen LogP contribution in [-0.2, 0) is 4.79 Å². The number of unbranched alkanes of at least 4 members (excludes halogenated alkanes) is 3. The number of hydrogen-bond acceptors (Lipinski definition) is 2. The molecular formula is C19H28O3. The van der Waals surface area contributed by atoms with Crippen LogP contribution >= 0.6 is 0 Å².